The quantitative estimate of drug-likeness (QED) is 0.223. The zero-order chi connectivity index (χ0) is 30.2. The van der Waals surface area contributed by atoms with Crippen LogP contribution < -0.4 is 10.6 Å². The molecule has 220 valence electrons. The van der Waals surface area contributed by atoms with Crippen molar-refractivity contribution < 1.29 is 24.2 Å². The number of fused-ring (bicyclic) bond motifs is 1. The minimum atomic E-state index is -1.01. The van der Waals surface area contributed by atoms with E-state index in [1.165, 1.54) is 12.1 Å². The molecule has 3 aromatic carbocycles. The molecule has 0 aliphatic rings. The lowest BCUT2D eigenvalue weighted by Gasteiger charge is -2.35. The normalized spacial score (nSPS) is 13.0. The number of phenols is 1. The largest absolute Gasteiger partial charge is 0.508 e. The van der Waals surface area contributed by atoms with Crippen LogP contribution in [0, 0.1) is 5.92 Å². The molecule has 0 spiro atoms. The van der Waals surface area contributed by atoms with E-state index >= 15 is 0 Å². The number of anilines is 1. The molecule has 0 aliphatic carbocycles. The Bertz CT molecular complexity index is 1330. The summed E-state index contributed by atoms with van der Waals surface area (Å²) in [4.78, 5) is 42.5. The van der Waals surface area contributed by atoms with Crippen LogP contribution >= 0.6 is 0 Å². The third-order valence-corrected chi connectivity index (χ3v) is 6.68. The van der Waals surface area contributed by atoms with Gasteiger partial charge in [0.2, 0.25) is 5.91 Å². The summed E-state index contributed by atoms with van der Waals surface area (Å²) in [5.74, 6) is -0.991. The number of amides is 3. The lowest BCUT2D eigenvalue weighted by molar-refractivity contribution is -0.141. The Kier molecular flexibility index (Phi) is 10.8. The maximum Gasteiger partial charge on any atom is 0.408 e. The number of carbonyl (C=O) groups excluding carboxylic acids is 3. The fourth-order valence-electron chi connectivity index (χ4n) is 4.63. The smallest absolute Gasteiger partial charge is 0.408 e. The average Bonchev–Trinajstić information content (AvgIpc) is 2.90. The first-order valence-corrected chi connectivity index (χ1v) is 14.3. The highest BCUT2D eigenvalue weighted by molar-refractivity contribution is 6.00. The molecule has 0 saturated heterocycles. The van der Waals surface area contributed by atoms with E-state index < -0.39 is 29.7 Å². The van der Waals surface area contributed by atoms with Crippen molar-refractivity contribution in [1.29, 1.82) is 0 Å². The third kappa shape index (κ3) is 8.96. The van der Waals surface area contributed by atoms with Crippen LogP contribution in [0.5, 0.6) is 5.75 Å². The van der Waals surface area contributed by atoms with E-state index in [-0.39, 0.29) is 17.6 Å². The van der Waals surface area contributed by atoms with E-state index in [1.807, 2.05) is 56.3 Å². The number of benzene rings is 3. The summed E-state index contributed by atoms with van der Waals surface area (Å²) in [6.07, 6.45) is 1.78. The number of carbonyl (C=O) groups is 3. The molecule has 0 saturated carbocycles. The molecule has 8 heteroatoms. The number of ether oxygens (including phenoxy) is 1. The second-order valence-electron chi connectivity index (χ2n) is 11.7. The van der Waals surface area contributed by atoms with Gasteiger partial charge in [-0.05, 0) is 73.7 Å². The van der Waals surface area contributed by atoms with Gasteiger partial charge in [0, 0.05) is 12.2 Å². The van der Waals surface area contributed by atoms with Crippen LogP contribution in [0.25, 0.3) is 10.8 Å². The number of hydrogen-bond acceptors (Lipinski definition) is 5. The van der Waals surface area contributed by atoms with E-state index in [1.54, 1.807) is 37.8 Å². The summed E-state index contributed by atoms with van der Waals surface area (Å²) in [5, 5.41) is 17.7. The van der Waals surface area contributed by atoms with Gasteiger partial charge in [0.15, 0.2) is 0 Å². The first kappa shape index (κ1) is 31.5. The molecule has 2 unspecified atom stereocenters. The van der Waals surface area contributed by atoms with Gasteiger partial charge >= 0.3 is 6.09 Å². The van der Waals surface area contributed by atoms with E-state index in [9.17, 15) is 19.5 Å². The number of nitrogens with zero attached hydrogens (tertiary/aromatic N) is 1. The average molecular weight is 562 g/mol. The lowest BCUT2D eigenvalue weighted by Crippen LogP contribution is -2.54. The number of alkyl carbamates (subject to hydrolysis) is 1. The second kappa shape index (κ2) is 14.0. The van der Waals surface area contributed by atoms with Crippen molar-refractivity contribution in [2.75, 3.05) is 11.9 Å². The van der Waals surface area contributed by atoms with Gasteiger partial charge in [-0.3, -0.25) is 9.59 Å². The van der Waals surface area contributed by atoms with Gasteiger partial charge in [-0.1, -0.05) is 76.1 Å². The van der Waals surface area contributed by atoms with Gasteiger partial charge in [0.05, 0.1) is 0 Å². The molecule has 0 aliphatic heterocycles. The minimum Gasteiger partial charge on any atom is -0.508 e. The number of phenolic OH excluding ortho intramolecular Hbond substituents is 1. The fraction of sp³-hybridized carbons (Fsp3) is 0.424. The molecule has 3 aromatic rings. The Balaban J connectivity index is 2.01. The Morgan fingerprint density at radius 1 is 0.927 bits per heavy atom. The summed E-state index contributed by atoms with van der Waals surface area (Å²) in [6.45, 7) is 11.3. The highest BCUT2D eigenvalue weighted by Gasteiger charge is 2.37. The molecule has 0 bridgehead atoms. The standard InChI is InChI=1S/C33H43N3O5/c1-7-8-11-20-36(31(39)28(22(2)3)35-32(40)41-33(4,5)6)29(24-15-18-27(37)19-16-24)30(38)34-26-17-14-23-12-9-10-13-25(23)21-26/h9-10,12-19,21-22,28-29,37H,7-8,11,20H2,1-6H3,(H,34,38)(H,35,40). The van der Waals surface area contributed by atoms with Crippen LogP contribution in [-0.4, -0.2) is 46.1 Å². The van der Waals surface area contributed by atoms with Crippen molar-refractivity contribution in [2.45, 2.75) is 78.5 Å². The first-order chi connectivity index (χ1) is 19.4. The van der Waals surface area contributed by atoms with Crippen molar-refractivity contribution in [3.8, 4) is 5.75 Å². The molecular formula is C33H43N3O5. The summed E-state index contributed by atoms with van der Waals surface area (Å²) < 4.78 is 5.44. The maximum absolute atomic E-state index is 14.2. The van der Waals surface area contributed by atoms with E-state index in [4.69, 9.17) is 4.74 Å². The number of unbranched alkanes of at least 4 members (excludes halogenated alkanes) is 2. The Morgan fingerprint density at radius 3 is 2.20 bits per heavy atom. The Morgan fingerprint density at radius 2 is 1.59 bits per heavy atom. The van der Waals surface area contributed by atoms with E-state index in [2.05, 4.69) is 17.6 Å². The molecule has 3 amide bonds. The molecule has 0 fully saturated rings. The number of rotatable bonds is 11. The van der Waals surface area contributed by atoms with Gasteiger partial charge in [0.1, 0.15) is 23.4 Å². The molecule has 0 aromatic heterocycles. The summed E-state index contributed by atoms with van der Waals surface area (Å²) in [5.41, 5.74) is 0.417. The predicted octanol–water partition coefficient (Wildman–Crippen LogP) is 6.79. The second-order valence-corrected chi connectivity index (χ2v) is 11.7. The lowest BCUT2D eigenvalue weighted by atomic mass is 9.98. The van der Waals surface area contributed by atoms with Crippen LogP contribution in [0.4, 0.5) is 10.5 Å². The predicted molar refractivity (Wildman–Crippen MR) is 163 cm³/mol. The number of aromatic hydroxyl groups is 1. The number of hydrogen-bond donors (Lipinski definition) is 3. The van der Waals surface area contributed by atoms with Crippen molar-refractivity contribution in [3.63, 3.8) is 0 Å². The Hall–Kier alpha value is -4.07. The van der Waals surface area contributed by atoms with Gasteiger partial charge in [-0.25, -0.2) is 4.79 Å². The third-order valence-electron chi connectivity index (χ3n) is 6.68. The maximum atomic E-state index is 14.2. The van der Waals surface area contributed by atoms with Crippen LogP contribution in [0.2, 0.25) is 0 Å². The van der Waals surface area contributed by atoms with Crippen molar-refractivity contribution in [2.24, 2.45) is 5.92 Å². The molecule has 3 rings (SSSR count). The van der Waals surface area contributed by atoms with Crippen LogP contribution in [0.1, 0.15) is 72.4 Å². The minimum absolute atomic E-state index is 0.0537. The van der Waals surface area contributed by atoms with Gasteiger partial charge < -0.3 is 25.4 Å². The molecule has 41 heavy (non-hydrogen) atoms. The highest BCUT2D eigenvalue weighted by Crippen LogP contribution is 2.28. The van der Waals surface area contributed by atoms with Crippen molar-refractivity contribution in [3.05, 3.63) is 72.3 Å². The fourth-order valence-corrected chi connectivity index (χ4v) is 4.63. The van der Waals surface area contributed by atoms with Gasteiger partial charge in [0.25, 0.3) is 5.91 Å². The molecule has 3 N–H and O–H groups in total. The summed E-state index contributed by atoms with van der Waals surface area (Å²) >= 11 is 0. The Labute approximate surface area is 243 Å². The summed E-state index contributed by atoms with van der Waals surface area (Å²) in [6, 6.07) is 17.9. The van der Waals surface area contributed by atoms with E-state index in [0.29, 0.717) is 24.2 Å². The number of nitrogens with one attached hydrogen (secondary N) is 2. The molecular weight excluding hydrogens is 518 g/mol. The van der Waals surface area contributed by atoms with Gasteiger partial charge in [-0.15, -0.1) is 0 Å². The van der Waals surface area contributed by atoms with Crippen LogP contribution in [-0.2, 0) is 14.3 Å². The van der Waals surface area contributed by atoms with Crippen LogP contribution in [0.15, 0.2) is 66.7 Å². The highest BCUT2D eigenvalue weighted by atomic mass is 16.6. The van der Waals surface area contributed by atoms with Crippen molar-refractivity contribution in [1.82, 2.24) is 10.2 Å². The molecule has 0 heterocycles. The zero-order valence-electron chi connectivity index (χ0n) is 24.9. The van der Waals surface area contributed by atoms with Crippen LogP contribution in [0.3, 0.4) is 0 Å². The molecule has 0 radical (unpaired) electrons. The molecule has 8 nitrogen and oxygen atoms in total. The van der Waals surface area contributed by atoms with Crippen molar-refractivity contribution >= 4 is 34.4 Å². The topological polar surface area (TPSA) is 108 Å². The summed E-state index contributed by atoms with van der Waals surface area (Å²) in [7, 11) is 0. The zero-order valence-corrected chi connectivity index (χ0v) is 24.9. The SMILES string of the molecule is CCCCCN(C(=O)C(NC(=O)OC(C)(C)C)C(C)C)C(C(=O)Nc1ccc2ccccc2c1)c1ccc(O)cc1. The first-order valence-electron chi connectivity index (χ1n) is 14.3. The molecule has 2 atom stereocenters. The monoisotopic (exact) mass is 561 g/mol. The van der Waals surface area contributed by atoms with E-state index in [0.717, 1.165) is 23.6 Å². The van der Waals surface area contributed by atoms with Gasteiger partial charge in [-0.2, -0.15) is 0 Å².